The number of quaternary nitrogens is 1. The zero-order valence-corrected chi connectivity index (χ0v) is 18.8. The third-order valence-corrected chi connectivity index (χ3v) is 4.61. The molecule has 1 N–H and O–H groups in total. The smallest absolute Gasteiger partial charge is 0.307 e. The van der Waals surface area contributed by atoms with Gasteiger partial charge in [0.05, 0.1) is 27.6 Å². The molecule has 0 aliphatic heterocycles. The quantitative estimate of drug-likeness (QED) is 0.147. The lowest BCUT2D eigenvalue weighted by molar-refractivity contribution is -0.873. The lowest BCUT2D eigenvalue weighted by atomic mass is 10.1. The minimum Gasteiger partial charge on any atom is -0.481 e. The van der Waals surface area contributed by atoms with E-state index in [4.69, 9.17) is 9.84 Å². The molecule has 0 saturated carbocycles. The molecule has 0 heterocycles. The number of allylic oxidation sites excluding steroid dienone is 2. The van der Waals surface area contributed by atoms with E-state index in [0.29, 0.717) is 23.9 Å². The molecule has 0 spiro atoms. The van der Waals surface area contributed by atoms with E-state index in [1.54, 1.807) is 0 Å². The molecule has 1 atom stereocenters. The Labute approximate surface area is 172 Å². The molecule has 0 aromatic carbocycles. The predicted octanol–water partition coefficient (Wildman–Crippen LogP) is 5.34. The third-order valence-electron chi connectivity index (χ3n) is 4.61. The fourth-order valence-corrected chi connectivity index (χ4v) is 3.20. The Morgan fingerprint density at radius 1 is 0.893 bits per heavy atom. The molecule has 28 heavy (non-hydrogen) atoms. The van der Waals surface area contributed by atoms with Crippen molar-refractivity contribution in [3.05, 3.63) is 12.2 Å². The largest absolute Gasteiger partial charge is 0.481 e. The summed E-state index contributed by atoms with van der Waals surface area (Å²) in [4.78, 5) is 22.9. The maximum atomic E-state index is 12.0. The first-order chi connectivity index (χ1) is 13.2. The lowest BCUT2D eigenvalue weighted by Gasteiger charge is -2.28. The molecule has 0 rings (SSSR count). The Morgan fingerprint density at radius 3 is 1.96 bits per heavy atom. The van der Waals surface area contributed by atoms with Crippen LogP contribution in [0.15, 0.2) is 12.2 Å². The van der Waals surface area contributed by atoms with Crippen molar-refractivity contribution in [3.8, 4) is 0 Å². The number of unbranched alkanes of at least 4 members (excludes halogenated alkanes) is 9. The highest BCUT2D eigenvalue weighted by Crippen LogP contribution is 2.11. The molecule has 0 aliphatic carbocycles. The molecule has 0 saturated heterocycles. The standard InChI is InChI=1S/C23H43NO4/c1-5-6-7-8-9-10-11-12-13-14-15-16-17-18-23(27)28-21(19-22(25)26)20-24(2,3)4/h15-16,21H,5-14,17-20H2,1-4H3/p+1/b16-15+. The van der Waals surface area contributed by atoms with Crippen LogP contribution in [0.2, 0.25) is 0 Å². The van der Waals surface area contributed by atoms with E-state index in [0.717, 1.165) is 6.42 Å². The van der Waals surface area contributed by atoms with Crippen molar-refractivity contribution in [1.29, 1.82) is 0 Å². The molecule has 0 aromatic rings. The van der Waals surface area contributed by atoms with Crippen molar-refractivity contribution in [1.82, 2.24) is 0 Å². The summed E-state index contributed by atoms with van der Waals surface area (Å²) in [5, 5.41) is 8.98. The van der Waals surface area contributed by atoms with Crippen molar-refractivity contribution in [2.75, 3.05) is 27.7 Å². The summed E-state index contributed by atoms with van der Waals surface area (Å²) in [6, 6.07) is 0. The van der Waals surface area contributed by atoms with Crippen molar-refractivity contribution in [3.63, 3.8) is 0 Å². The van der Waals surface area contributed by atoms with Gasteiger partial charge in [-0.05, 0) is 19.3 Å². The van der Waals surface area contributed by atoms with Gasteiger partial charge in [0, 0.05) is 6.42 Å². The molecule has 5 heteroatoms. The van der Waals surface area contributed by atoms with Crippen LogP contribution in [0.25, 0.3) is 0 Å². The number of carbonyl (C=O) groups excluding carboxylic acids is 1. The number of ether oxygens (including phenoxy) is 1. The number of likely N-dealkylation sites (N-methyl/N-ethyl adjacent to an activating group) is 1. The number of carboxylic acids is 1. The molecule has 164 valence electrons. The average molecular weight is 399 g/mol. The fourth-order valence-electron chi connectivity index (χ4n) is 3.20. The van der Waals surface area contributed by atoms with Crippen LogP contribution in [0.1, 0.15) is 90.4 Å². The Hall–Kier alpha value is -1.36. The molecule has 1 unspecified atom stereocenters. The van der Waals surface area contributed by atoms with Crippen LogP contribution < -0.4 is 0 Å². The first-order valence-electron chi connectivity index (χ1n) is 11.1. The van der Waals surface area contributed by atoms with E-state index in [1.165, 1.54) is 57.8 Å². The van der Waals surface area contributed by atoms with E-state index in [2.05, 4.69) is 13.0 Å². The Bertz CT molecular complexity index is 440. The molecular weight excluding hydrogens is 354 g/mol. The highest BCUT2D eigenvalue weighted by Gasteiger charge is 2.24. The zero-order chi connectivity index (χ0) is 21.3. The van der Waals surface area contributed by atoms with Gasteiger partial charge in [0.15, 0.2) is 6.10 Å². The second kappa shape index (κ2) is 16.6. The van der Waals surface area contributed by atoms with Crippen LogP contribution in [0.4, 0.5) is 0 Å². The maximum Gasteiger partial charge on any atom is 0.307 e. The Morgan fingerprint density at radius 2 is 1.43 bits per heavy atom. The number of hydrogen-bond donors (Lipinski definition) is 1. The monoisotopic (exact) mass is 398 g/mol. The van der Waals surface area contributed by atoms with Crippen molar-refractivity contribution in [2.24, 2.45) is 0 Å². The Kier molecular flexibility index (Phi) is 15.8. The van der Waals surface area contributed by atoms with Gasteiger partial charge in [0.2, 0.25) is 0 Å². The second-order valence-corrected chi connectivity index (χ2v) is 8.81. The summed E-state index contributed by atoms with van der Waals surface area (Å²) in [6.07, 6.45) is 17.5. The van der Waals surface area contributed by atoms with Gasteiger partial charge in [-0.1, -0.05) is 70.4 Å². The van der Waals surface area contributed by atoms with E-state index < -0.39 is 12.1 Å². The Balaban J connectivity index is 3.76. The van der Waals surface area contributed by atoms with Gasteiger partial charge in [-0.25, -0.2) is 0 Å². The minimum absolute atomic E-state index is 0.143. The molecule has 0 aliphatic rings. The fraction of sp³-hybridized carbons (Fsp3) is 0.826. The van der Waals surface area contributed by atoms with Gasteiger partial charge in [-0.15, -0.1) is 0 Å². The van der Waals surface area contributed by atoms with Crippen molar-refractivity contribution < 1.29 is 23.9 Å². The zero-order valence-electron chi connectivity index (χ0n) is 18.8. The number of esters is 1. The van der Waals surface area contributed by atoms with Crippen LogP contribution in [0.3, 0.4) is 0 Å². The van der Waals surface area contributed by atoms with Gasteiger partial charge in [0.25, 0.3) is 0 Å². The summed E-state index contributed by atoms with van der Waals surface area (Å²) < 4.78 is 5.93. The average Bonchev–Trinajstić information content (AvgIpc) is 2.56. The number of nitrogens with zero attached hydrogens (tertiary/aromatic N) is 1. The van der Waals surface area contributed by atoms with Gasteiger partial charge < -0.3 is 14.3 Å². The van der Waals surface area contributed by atoms with Crippen LogP contribution in [0, 0.1) is 0 Å². The summed E-state index contributed by atoms with van der Waals surface area (Å²) in [7, 11) is 5.87. The van der Waals surface area contributed by atoms with Gasteiger partial charge >= 0.3 is 11.9 Å². The number of carbonyl (C=O) groups is 2. The SMILES string of the molecule is CCCCCCCCCCC/C=C/CCC(=O)OC(CC(=O)O)C[N+](C)(C)C. The molecular formula is C23H44NO4+. The normalized spacial score (nSPS) is 13.0. The molecule has 5 nitrogen and oxygen atoms in total. The summed E-state index contributed by atoms with van der Waals surface area (Å²) in [5.74, 6) is -1.25. The predicted molar refractivity (Wildman–Crippen MR) is 115 cm³/mol. The van der Waals surface area contributed by atoms with Crippen molar-refractivity contribution >= 4 is 11.9 Å². The summed E-state index contributed by atoms with van der Waals surface area (Å²) in [6.45, 7) is 2.74. The number of carboxylic acid groups (broad SMARTS) is 1. The molecule has 0 radical (unpaired) electrons. The van der Waals surface area contributed by atoms with Crippen molar-refractivity contribution in [2.45, 2.75) is 96.5 Å². The number of aliphatic carboxylic acids is 1. The van der Waals surface area contributed by atoms with Gasteiger partial charge in [0.1, 0.15) is 6.54 Å². The topological polar surface area (TPSA) is 63.6 Å². The van der Waals surface area contributed by atoms with Gasteiger partial charge in [-0.3, -0.25) is 9.59 Å². The van der Waals surface area contributed by atoms with Crippen LogP contribution in [-0.4, -0.2) is 55.3 Å². The summed E-state index contributed by atoms with van der Waals surface area (Å²) >= 11 is 0. The molecule has 0 aromatic heterocycles. The second-order valence-electron chi connectivity index (χ2n) is 8.81. The van der Waals surface area contributed by atoms with E-state index >= 15 is 0 Å². The number of rotatable bonds is 18. The number of hydrogen-bond acceptors (Lipinski definition) is 3. The third kappa shape index (κ3) is 19.4. The van der Waals surface area contributed by atoms with E-state index in [9.17, 15) is 9.59 Å². The summed E-state index contributed by atoms with van der Waals surface area (Å²) in [5.41, 5.74) is 0. The highest BCUT2D eigenvalue weighted by atomic mass is 16.5. The minimum atomic E-state index is -0.938. The highest BCUT2D eigenvalue weighted by molar-refractivity contribution is 5.71. The lowest BCUT2D eigenvalue weighted by Crippen LogP contribution is -2.43. The van der Waals surface area contributed by atoms with Crippen LogP contribution in [-0.2, 0) is 14.3 Å². The molecule has 0 amide bonds. The maximum absolute atomic E-state index is 12.0. The first-order valence-corrected chi connectivity index (χ1v) is 11.1. The van der Waals surface area contributed by atoms with Crippen LogP contribution >= 0.6 is 0 Å². The van der Waals surface area contributed by atoms with Crippen LogP contribution in [0.5, 0.6) is 0 Å². The van der Waals surface area contributed by atoms with E-state index in [-0.39, 0.29) is 12.4 Å². The van der Waals surface area contributed by atoms with Gasteiger partial charge in [-0.2, -0.15) is 0 Å². The van der Waals surface area contributed by atoms with E-state index in [1.807, 2.05) is 27.2 Å². The first kappa shape index (κ1) is 26.6. The molecule has 0 bridgehead atoms. The molecule has 0 fully saturated rings.